The molecule has 0 aliphatic heterocycles. The lowest BCUT2D eigenvalue weighted by Crippen LogP contribution is -2.46. The quantitative estimate of drug-likeness (QED) is 0.602. The molecule has 6 heteroatoms. The van der Waals surface area contributed by atoms with E-state index in [-0.39, 0.29) is 5.91 Å². The fourth-order valence-corrected chi connectivity index (χ4v) is 2.70. The lowest BCUT2D eigenvalue weighted by molar-refractivity contribution is 0.0948. The predicted octanol–water partition coefficient (Wildman–Crippen LogP) is 2.54. The molecule has 0 bridgehead atoms. The van der Waals surface area contributed by atoms with Gasteiger partial charge >= 0.3 is 0 Å². The van der Waals surface area contributed by atoms with Gasteiger partial charge in [0.05, 0.1) is 4.88 Å². The lowest BCUT2D eigenvalue weighted by atomic mass is 10.2. The summed E-state index contributed by atoms with van der Waals surface area (Å²) in [6.07, 6.45) is 0. The number of hydrogen-bond acceptors (Lipinski definition) is 3. The highest BCUT2D eigenvalue weighted by Gasteiger charge is 2.10. The van der Waals surface area contributed by atoms with Gasteiger partial charge in [0.1, 0.15) is 0 Å². The average Bonchev–Trinajstić information content (AvgIpc) is 2.96. The van der Waals surface area contributed by atoms with E-state index in [9.17, 15) is 4.79 Å². The molecule has 2 aromatic rings. The normalized spacial score (nSPS) is 9.85. The van der Waals surface area contributed by atoms with Gasteiger partial charge < -0.3 is 5.32 Å². The summed E-state index contributed by atoms with van der Waals surface area (Å²) in [4.78, 5) is 13.6. The van der Waals surface area contributed by atoms with Crippen LogP contribution in [0.2, 0.25) is 0 Å². The van der Waals surface area contributed by atoms with Crippen LogP contribution < -0.4 is 16.2 Å². The van der Waals surface area contributed by atoms with Crippen molar-refractivity contribution in [1.29, 1.82) is 0 Å². The summed E-state index contributed by atoms with van der Waals surface area (Å²) in [5, 5.41) is 3.30. The Labute approximate surface area is 127 Å². The number of carbonyl (C=O) groups excluding carboxylic acids is 1. The number of hydrazine groups is 1. The standard InChI is InChI=1S/C14H15N3OS2/c1-2-15-14(19)17-16-13(18)12-9-8-11(20-12)10-6-4-3-5-7-10/h3-9H,2H2,1H3,(H,16,18)(H2,15,17,19). The van der Waals surface area contributed by atoms with Crippen molar-refractivity contribution < 1.29 is 4.79 Å². The first-order valence-electron chi connectivity index (χ1n) is 6.20. The number of hydrogen-bond donors (Lipinski definition) is 3. The SMILES string of the molecule is CCNC(=S)NNC(=O)c1ccc(-c2ccccc2)s1. The molecular weight excluding hydrogens is 290 g/mol. The Morgan fingerprint density at radius 1 is 1.15 bits per heavy atom. The van der Waals surface area contributed by atoms with Crippen molar-refractivity contribution in [1.82, 2.24) is 16.2 Å². The highest BCUT2D eigenvalue weighted by molar-refractivity contribution is 7.80. The molecule has 0 atom stereocenters. The molecule has 0 aliphatic carbocycles. The molecule has 0 aliphatic rings. The third-order valence-electron chi connectivity index (χ3n) is 2.51. The second-order valence-corrected chi connectivity index (χ2v) is 5.46. The Morgan fingerprint density at radius 3 is 2.60 bits per heavy atom. The molecule has 1 aromatic carbocycles. The Bertz CT molecular complexity index is 595. The van der Waals surface area contributed by atoms with Crippen LogP contribution in [0.4, 0.5) is 0 Å². The molecule has 2 rings (SSSR count). The van der Waals surface area contributed by atoms with Gasteiger partial charge in [0.2, 0.25) is 0 Å². The Balaban J connectivity index is 1.98. The molecule has 0 fully saturated rings. The molecule has 0 unspecified atom stereocenters. The summed E-state index contributed by atoms with van der Waals surface area (Å²) in [6.45, 7) is 2.64. The predicted molar refractivity (Wildman–Crippen MR) is 86.6 cm³/mol. The molecule has 4 nitrogen and oxygen atoms in total. The number of carbonyl (C=O) groups is 1. The van der Waals surface area contributed by atoms with Gasteiger partial charge in [-0.2, -0.15) is 0 Å². The van der Waals surface area contributed by atoms with E-state index in [4.69, 9.17) is 12.2 Å². The third-order valence-corrected chi connectivity index (χ3v) is 3.89. The number of nitrogens with one attached hydrogen (secondary N) is 3. The number of rotatable bonds is 3. The molecule has 3 N–H and O–H groups in total. The highest BCUT2D eigenvalue weighted by Crippen LogP contribution is 2.27. The molecule has 0 radical (unpaired) electrons. The number of thiophene rings is 1. The molecule has 1 amide bonds. The second-order valence-electron chi connectivity index (χ2n) is 3.97. The number of amides is 1. The Kier molecular flexibility index (Phi) is 5.09. The van der Waals surface area contributed by atoms with Crippen molar-refractivity contribution in [2.24, 2.45) is 0 Å². The first-order valence-corrected chi connectivity index (χ1v) is 7.42. The molecular formula is C14H15N3OS2. The molecule has 0 saturated heterocycles. The van der Waals surface area contributed by atoms with Gasteiger partial charge in [0.25, 0.3) is 5.91 Å². The van der Waals surface area contributed by atoms with Crippen LogP contribution in [0.15, 0.2) is 42.5 Å². The molecule has 1 heterocycles. The van der Waals surface area contributed by atoms with Crippen molar-refractivity contribution in [2.75, 3.05) is 6.54 Å². The van der Waals surface area contributed by atoms with Gasteiger partial charge in [-0.05, 0) is 36.8 Å². The third kappa shape index (κ3) is 3.79. The maximum atomic E-state index is 11.9. The molecule has 104 valence electrons. The van der Waals surface area contributed by atoms with Crippen LogP contribution in [0.25, 0.3) is 10.4 Å². The fourth-order valence-electron chi connectivity index (χ4n) is 1.60. The minimum Gasteiger partial charge on any atom is -0.362 e. The zero-order valence-corrected chi connectivity index (χ0v) is 12.6. The van der Waals surface area contributed by atoms with Crippen LogP contribution in [-0.2, 0) is 0 Å². The van der Waals surface area contributed by atoms with Gasteiger partial charge in [-0.1, -0.05) is 30.3 Å². The zero-order valence-electron chi connectivity index (χ0n) is 11.0. The van der Waals surface area contributed by atoms with Crippen LogP contribution in [0.1, 0.15) is 16.6 Å². The summed E-state index contributed by atoms with van der Waals surface area (Å²) in [5.74, 6) is -0.197. The summed E-state index contributed by atoms with van der Waals surface area (Å²) >= 11 is 6.41. The molecule has 20 heavy (non-hydrogen) atoms. The van der Waals surface area contributed by atoms with Crippen LogP contribution in [0, 0.1) is 0 Å². The van der Waals surface area contributed by atoms with E-state index >= 15 is 0 Å². The first-order chi connectivity index (χ1) is 9.70. The minimum absolute atomic E-state index is 0.197. The van der Waals surface area contributed by atoms with Crippen molar-refractivity contribution in [3.8, 4) is 10.4 Å². The smallest absolute Gasteiger partial charge is 0.279 e. The average molecular weight is 305 g/mol. The van der Waals surface area contributed by atoms with E-state index < -0.39 is 0 Å². The van der Waals surface area contributed by atoms with Crippen LogP contribution in [0.5, 0.6) is 0 Å². The maximum absolute atomic E-state index is 11.9. The molecule has 0 spiro atoms. The minimum atomic E-state index is -0.197. The summed E-state index contributed by atoms with van der Waals surface area (Å²) in [7, 11) is 0. The van der Waals surface area contributed by atoms with E-state index in [1.165, 1.54) is 11.3 Å². The highest BCUT2D eigenvalue weighted by atomic mass is 32.1. The van der Waals surface area contributed by atoms with Gasteiger partial charge in [0.15, 0.2) is 5.11 Å². The van der Waals surface area contributed by atoms with Gasteiger partial charge in [-0.15, -0.1) is 11.3 Å². The first kappa shape index (κ1) is 14.5. The Hall–Kier alpha value is -1.92. The summed E-state index contributed by atoms with van der Waals surface area (Å²) in [6, 6.07) is 13.7. The van der Waals surface area contributed by atoms with E-state index in [1.807, 2.05) is 43.3 Å². The second kappa shape index (κ2) is 7.02. The number of thiocarbonyl (C=S) groups is 1. The maximum Gasteiger partial charge on any atom is 0.279 e. The summed E-state index contributed by atoms with van der Waals surface area (Å²) in [5.41, 5.74) is 6.33. The Morgan fingerprint density at radius 2 is 1.90 bits per heavy atom. The van der Waals surface area contributed by atoms with E-state index in [0.29, 0.717) is 16.5 Å². The van der Waals surface area contributed by atoms with Crippen LogP contribution in [-0.4, -0.2) is 17.6 Å². The van der Waals surface area contributed by atoms with E-state index in [0.717, 1.165) is 10.4 Å². The zero-order chi connectivity index (χ0) is 14.4. The summed E-state index contributed by atoms with van der Waals surface area (Å²) < 4.78 is 0. The van der Waals surface area contributed by atoms with Crippen molar-refractivity contribution in [3.05, 3.63) is 47.3 Å². The molecule has 1 aromatic heterocycles. The van der Waals surface area contributed by atoms with Crippen molar-refractivity contribution >= 4 is 34.6 Å². The van der Waals surface area contributed by atoms with E-state index in [1.54, 1.807) is 6.07 Å². The molecule has 0 saturated carbocycles. The topological polar surface area (TPSA) is 53.2 Å². The van der Waals surface area contributed by atoms with Crippen LogP contribution in [0.3, 0.4) is 0 Å². The largest absolute Gasteiger partial charge is 0.362 e. The van der Waals surface area contributed by atoms with Crippen LogP contribution >= 0.6 is 23.6 Å². The number of benzene rings is 1. The van der Waals surface area contributed by atoms with Gasteiger partial charge in [-0.25, -0.2) is 0 Å². The van der Waals surface area contributed by atoms with Crippen molar-refractivity contribution in [2.45, 2.75) is 6.92 Å². The van der Waals surface area contributed by atoms with Crippen molar-refractivity contribution in [3.63, 3.8) is 0 Å². The van der Waals surface area contributed by atoms with Gasteiger partial charge in [-0.3, -0.25) is 15.6 Å². The van der Waals surface area contributed by atoms with Gasteiger partial charge in [0, 0.05) is 11.4 Å². The van der Waals surface area contributed by atoms with E-state index in [2.05, 4.69) is 16.2 Å². The monoisotopic (exact) mass is 305 g/mol. The fraction of sp³-hybridized carbons (Fsp3) is 0.143. The lowest BCUT2D eigenvalue weighted by Gasteiger charge is -2.08.